The first kappa shape index (κ1) is 13.5. The van der Waals surface area contributed by atoms with E-state index in [1.54, 1.807) is 12.3 Å². The second-order valence-electron chi connectivity index (χ2n) is 4.98. The molecule has 1 fully saturated rings. The monoisotopic (exact) mass is 310 g/mol. The molecular weight excluding hydrogens is 292 g/mol. The van der Waals surface area contributed by atoms with Gasteiger partial charge in [0, 0.05) is 23.3 Å². The highest BCUT2D eigenvalue weighted by atomic mass is 79.9. The fourth-order valence-electron chi connectivity index (χ4n) is 2.47. The van der Waals surface area contributed by atoms with Gasteiger partial charge in [-0.1, -0.05) is 22.4 Å². The molecule has 2 rings (SSSR count). The van der Waals surface area contributed by atoms with E-state index in [0.717, 1.165) is 18.7 Å². The van der Waals surface area contributed by atoms with Crippen LogP contribution in [0.5, 0.6) is 0 Å². The number of amides is 1. The second-order valence-corrected chi connectivity index (χ2v) is 6.27. The van der Waals surface area contributed by atoms with E-state index in [2.05, 4.69) is 26.2 Å². The lowest BCUT2D eigenvalue weighted by atomic mass is 9.89. The van der Waals surface area contributed by atoms with Gasteiger partial charge in [0.15, 0.2) is 0 Å². The predicted molar refractivity (Wildman–Crippen MR) is 76.0 cm³/mol. The highest BCUT2D eigenvalue weighted by Crippen LogP contribution is 2.28. The summed E-state index contributed by atoms with van der Waals surface area (Å²) < 4.78 is 0. The molecule has 0 saturated heterocycles. The highest BCUT2D eigenvalue weighted by Gasteiger charge is 2.20. The zero-order valence-corrected chi connectivity index (χ0v) is 12.2. The Bertz CT molecular complexity index is 422. The fourth-order valence-corrected chi connectivity index (χ4v) is 3.32. The standard InChI is InChI=1S/C14H19BrN2O/c1-10-13(6-3-7-16-10)14(18)17-9-11-4-2-5-12(15)8-11/h3,6-7,11-12H,2,4-5,8-9H2,1H3,(H,17,18). The van der Waals surface area contributed by atoms with Gasteiger partial charge in [0.1, 0.15) is 0 Å². The number of halogens is 1. The number of alkyl halides is 1. The number of aryl methyl sites for hydroxylation is 1. The normalized spacial score (nSPS) is 23.7. The summed E-state index contributed by atoms with van der Waals surface area (Å²) in [6, 6.07) is 3.63. The van der Waals surface area contributed by atoms with E-state index >= 15 is 0 Å². The molecule has 1 N–H and O–H groups in total. The molecule has 1 aliphatic carbocycles. The quantitative estimate of drug-likeness (QED) is 0.872. The first-order valence-corrected chi connectivity index (χ1v) is 7.42. The zero-order valence-electron chi connectivity index (χ0n) is 10.7. The molecule has 0 aliphatic heterocycles. The third-order valence-electron chi connectivity index (χ3n) is 3.52. The summed E-state index contributed by atoms with van der Waals surface area (Å²) in [5, 5.41) is 3.03. The Morgan fingerprint density at radius 3 is 3.11 bits per heavy atom. The van der Waals surface area contributed by atoms with Crippen LogP contribution < -0.4 is 5.32 Å². The van der Waals surface area contributed by atoms with E-state index < -0.39 is 0 Å². The Balaban J connectivity index is 1.87. The van der Waals surface area contributed by atoms with Crippen molar-refractivity contribution in [3.05, 3.63) is 29.6 Å². The Kier molecular flexibility index (Phi) is 4.75. The van der Waals surface area contributed by atoms with Gasteiger partial charge in [-0.05, 0) is 44.2 Å². The third-order valence-corrected chi connectivity index (χ3v) is 4.35. The lowest BCUT2D eigenvalue weighted by Gasteiger charge is -2.25. The van der Waals surface area contributed by atoms with Gasteiger partial charge in [-0.2, -0.15) is 0 Å². The molecule has 0 bridgehead atoms. The van der Waals surface area contributed by atoms with E-state index in [-0.39, 0.29) is 5.91 Å². The van der Waals surface area contributed by atoms with Crippen LogP contribution in [0.3, 0.4) is 0 Å². The number of carbonyl (C=O) groups excluding carboxylic acids is 1. The topological polar surface area (TPSA) is 42.0 Å². The number of hydrogen-bond donors (Lipinski definition) is 1. The molecule has 3 nitrogen and oxygen atoms in total. The summed E-state index contributed by atoms with van der Waals surface area (Å²) in [5.74, 6) is 0.598. The number of pyridine rings is 1. The van der Waals surface area contributed by atoms with Crippen LogP contribution in [0.15, 0.2) is 18.3 Å². The van der Waals surface area contributed by atoms with E-state index in [1.807, 2.05) is 13.0 Å². The minimum atomic E-state index is -0.00250. The average Bonchev–Trinajstić information content (AvgIpc) is 2.37. The minimum absolute atomic E-state index is 0.00250. The smallest absolute Gasteiger partial charge is 0.253 e. The molecule has 2 atom stereocenters. The number of aromatic nitrogens is 1. The first-order valence-electron chi connectivity index (χ1n) is 6.50. The highest BCUT2D eigenvalue weighted by molar-refractivity contribution is 9.09. The number of nitrogens with one attached hydrogen (secondary N) is 1. The van der Waals surface area contributed by atoms with Crippen LogP contribution in [-0.2, 0) is 0 Å². The maximum atomic E-state index is 12.0. The van der Waals surface area contributed by atoms with Gasteiger partial charge in [0.05, 0.1) is 5.56 Å². The molecule has 98 valence electrons. The molecule has 0 aromatic carbocycles. The van der Waals surface area contributed by atoms with Crippen molar-refractivity contribution in [3.63, 3.8) is 0 Å². The van der Waals surface area contributed by atoms with Crippen LogP contribution in [0, 0.1) is 12.8 Å². The van der Waals surface area contributed by atoms with E-state index in [1.165, 1.54) is 19.3 Å². The van der Waals surface area contributed by atoms with Crippen LogP contribution in [0.4, 0.5) is 0 Å². The van der Waals surface area contributed by atoms with Crippen molar-refractivity contribution in [2.45, 2.75) is 37.4 Å². The summed E-state index contributed by atoms with van der Waals surface area (Å²) in [4.78, 5) is 16.8. The Morgan fingerprint density at radius 1 is 1.56 bits per heavy atom. The number of rotatable bonds is 3. The van der Waals surface area contributed by atoms with Crippen molar-refractivity contribution >= 4 is 21.8 Å². The van der Waals surface area contributed by atoms with Gasteiger partial charge >= 0.3 is 0 Å². The van der Waals surface area contributed by atoms with E-state index in [0.29, 0.717) is 16.3 Å². The van der Waals surface area contributed by atoms with Crippen molar-refractivity contribution in [2.75, 3.05) is 6.54 Å². The van der Waals surface area contributed by atoms with Crippen molar-refractivity contribution in [3.8, 4) is 0 Å². The lowest BCUT2D eigenvalue weighted by Crippen LogP contribution is -2.32. The van der Waals surface area contributed by atoms with Crippen molar-refractivity contribution < 1.29 is 4.79 Å². The molecule has 1 aromatic rings. The molecule has 0 radical (unpaired) electrons. The number of hydrogen-bond acceptors (Lipinski definition) is 2. The maximum absolute atomic E-state index is 12.0. The van der Waals surface area contributed by atoms with E-state index in [9.17, 15) is 4.79 Å². The van der Waals surface area contributed by atoms with E-state index in [4.69, 9.17) is 0 Å². The second kappa shape index (κ2) is 6.32. The van der Waals surface area contributed by atoms with Gasteiger partial charge in [-0.25, -0.2) is 0 Å². The number of nitrogens with zero attached hydrogens (tertiary/aromatic N) is 1. The van der Waals surface area contributed by atoms with Crippen molar-refractivity contribution in [2.24, 2.45) is 5.92 Å². The molecule has 1 aromatic heterocycles. The summed E-state index contributed by atoms with van der Waals surface area (Å²) in [6.07, 6.45) is 6.60. The molecule has 2 unspecified atom stereocenters. The van der Waals surface area contributed by atoms with Gasteiger partial charge < -0.3 is 5.32 Å². The van der Waals surface area contributed by atoms with Crippen LogP contribution >= 0.6 is 15.9 Å². The molecule has 18 heavy (non-hydrogen) atoms. The Morgan fingerprint density at radius 2 is 2.39 bits per heavy atom. The van der Waals surface area contributed by atoms with Crippen LogP contribution in [-0.4, -0.2) is 22.3 Å². The van der Waals surface area contributed by atoms with Crippen LogP contribution in [0.25, 0.3) is 0 Å². The molecular formula is C14H19BrN2O. The molecule has 4 heteroatoms. The summed E-state index contributed by atoms with van der Waals surface area (Å²) >= 11 is 3.67. The van der Waals surface area contributed by atoms with Gasteiger partial charge in [-0.15, -0.1) is 0 Å². The van der Waals surface area contributed by atoms with Gasteiger partial charge in [-0.3, -0.25) is 9.78 Å². The predicted octanol–water partition coefficient (Wildman–Crippen LogP) is 3.07. The third kappa shape index (κ3) is 3.55. The minimum Gasteiger partial charge on any atom is -0.352 e. The fraction of sp³-hybridized carbons (Fsp3) is 0.571. The summed E-state index contributed by atoms with van der Waals surface area (Å²) in [6.45, 7) is 2.64. The number of carbonyl (C=O) groups is 1. The Hall–Kier alpha value is -0.900. The van der Waals surface area contributed by atoms with Gasteiger partial charge in [0.2, 0.25) is 0 Å². The molecule has 1 amide bonds. The maximum Gasteiger partial charge on any atom is 0.253 e. The SMILES string of the molecule is Cc1ncccc1C(=O)NCC1CCCC(Br)C1. The van der Waals surface area contributed by atoms with Gasteiger partial charge in [0.25, 0.3) is 5.91 Å². The van der Waals surface area contributed by atoms with Crippen molar-refractivity contribution in [1.29, 1.82) is 0 Å². The summed E-state index contributed by atoms with van der Waals surface area (Å²) in [5.41, 5.74) is 1.47. The van der Waals surface area contributed by atoms with Crippen LogP contribution in [0.2, 0.25) is 0 Å². The largest absolute Gasteiger partial charge is 0.352 e. The molecule has 1 saturated carbocycles. The lowest BCUT2D eigenvalue weighted by molar-refractivity contribution is 0.0943. The first-order chi connectivity index (χ1) is 8.66. The summed E-state index contributed by atoms with van der Waals surface area (Å²) in [7, 11) is 0. The average molecular weight is 311 g/mol. The Labute approximate surface area is 117 Å². The molecule has 1 aliphatic rings. The van der Waals surface area contributed by atoms with Crippen molar-refractivity contribution in [1.82, 2.24) is 10.3 Å². The molecule has 1 heterocycles. The zero-order chi connectivity index (χ0) is 13.0. The molecule has 0 spiro atoms. The van der Waals surface area contributed by atoms with Crippen LogP contribution in [0.1, 0.15) is 41.7 Å².